The van der Waals surface area contributed by atoms with Crippen molar-refractivity contribution in [2.24, 2.45) is 0 Å². The third-order valence-electron chi connectivity index (χ3n) is 2.57. The summed E-state index contributed by atoms with van der Waals surface area (Å²) in [6.45, 7) is 4.01. The molecule has 0 saturated carbocycles. The van der Waals surface area contributed by atoms with Crippen LogP contribution in [0, 0.1) is 6.92 Å². The Labute approximate surface area is 105 Å². The molecule has 0 aliphatic heterocycles. The fourth-order valence-corrected chi connectivity index (χ4v) is 2.34. The summed E-state index contributed by atoms with van der Waals surface area (Å²) in [5.41, 5.74) is 2.63. The summed E-state index contributed by atoms with van der Waals surface area (Å²) >= 11 is 1.26. The minimum absolute atomic E-state index is 0.662. The maximum absolute atomic E-state index is 10.3. The second-order valence-electron chi connectivity index (χ2n) is 3.97. The molecule has 1 N–H and O–H groups in total. The second-order valence-corrected chi connectivity index (χ2v) is 4.76. The average Bonchev–Trinajstić information content (AvgIpc) is 2.78. The number of aliphatic hydroxyl groups is 1. The van der Waals surface area contributed by atoms with Crippen LogP contribution in [0.4, 0.5) is 0 Å². The molecule has 90 valence electrons. The Bertz CT molecular complexity index is 481. The number of aliphatic hydroxyl groups excluding tert-OH is 1. The molecule has 1 atom stereocenters. The SMILES string of the molecule is CCCc1nnsc1C(O)c1ccc(C)nc1. The molecule has 0 saturated heterocycles. The molecule has 0 aliphatic rings. The summed E-state index contributed by atoms with van der Waals surface area (Å²) in [5.74, 6) is 0. The van der Waals surface area contributed by atoms with Gasteiger partial charge in [0, 0.05) is 17.5 Å². The highest BCUT2D eigenvalue weighted by atomic mass is 32.1. The number of pyridine rings is 1. The zero-order valence-corrected chi connectivity index (χ0v) is 10.7. The first-order valence-electron chi connectivity index (χ1n) is 5.64. The van der Waals surface area contributed by atoms with E-state index in [4.69, 9.17) is 0 Å². The summed E-state index contributed by atoms with van der Waals surface area (Å²) in [4.78, 5) is 5.02. The van der Waals surface area contributed by atoms with E-state index in [1.54, 1.807) is 6.20 Å². The number of hydrogen-bond acceptors (Lipinski definition) is 5. The Hall–Kier alpha value is -1.33. The lowest BCUT2D eigenvalue weighted by Crippen LogP contribution is -2.02. The van der Waals surface area contributed by atoms with E-state index in [1.165, 1.54) is 11.5 Å². The monoisotopic (exact) mass is 249 g/mol. The molecule has 0 amide bonds. The quantitative estimate of drug-likeness (QED) is 0.903. The van der Waals surface area contributed by atoms with Gasteiger partial charge in [-0.1, -0.05) is 23.9 Å². The Morgan fingerprint density at radius 2 is 2.24 bits per heavy atom. The van der Waals surface area contributed by atoms with Gasteiger partial charge in [0.1, 0.15) is 6.10 Å². The van der Waals surface area contributed by atoms with E-state index in [1.807, 2.05) is 19.1 Å². The highest BCUT2D eigenvalue weighted by Crippen LogP contribution is 2.27. The fraction of sp³-hybridized carbons (Fsp3) is 0.417. The number of aromatic nitrogens is 3. The van der Waals surface area contributed by atoms with Crippen LogP contribution < -0.4 is 0 Å². The molecule has 1 unspecified atom stereocenters. The van der Waals surface area contributed by atoms with Crippen LogP contribution in [0.5, 0.6) is 0 Å². The van der Waals surface area contributed by atoms with Crippen LogP contribution >= 0.6 is 11.5 Å². The van der Waals surface area contributed by atoms with Crippen molar-refractivity contribution >= 4 is 11.5 Å². The summed E-state index contributed by atoms with van der Waals surface area (Å²) in [6, 6.07) is 3.79. The van der Waals surface area contributed by atoms with Gasteiger partial charge in [-0.05, 0) is 30.9 Å². The zero-order valence-electron chi connectivity index (χ0n) is 9.92. The van der Waals surface area contributed by atoms with Crippen LogP contribution in [-0.4, -0.2) is 19.7 Å². The second kappa shape index (κ2) is 5.33. The Morgan fingerprint density at radius 1 is 1.41 bits per heavy atom. The fourth-order valence-electron chi connectivity index (χ4n) is 1.63. The molecule has 17 heavy (non-hydrogen) atoms. The van der Waals surface area contributed by atoms with E-state index in [-0.39, 0.29) is 0 Å². The van der Waals surface area contributed by atoms with Gasteiger partial charge in [-0.3, -0.25) is 4.98 Å². The van der Waals surface area contributed by atoms with Crippen LogP contribution in [0.1, 0.15) is 41.3 Å². The van der Waals surface area contributed by atoms with Crippen LogP contribution in [0.2, 0.25) is 0 Å². The maximum Gasteiger partial charge on any atom is 0.118 e. The molecular weight excluding hydrogens is 234 g/mol. The largest absolute Gasteiger partial charge is 0.383 e. The van der Waals surface area contributed by atoms with Crippen LogP contribution in [-0.2, 0) is 6.42 Å². The summed E-state index contributed by atoms with van der Waals surface area (Å²) in [5, 5.41) is 14.3. The Kier molecular flexibility index (Phi) is 3.81. The molecule has 5 heteroatoms. The minimum atomic E-state index is -0.662. The van der Waals surface area contributed by atoms with Crippen molar-refractivity contribution in [1.82, 2.24) is 14.6 Å². The van der Waals surface area contributed by atoms with Crippen molar-refractivity contribution in [2.75, 3.05) is 0 Å². The lowest BCUT2D eigenvalue weighted by atomic mass is 10.1. The smallest absolute Gasteiger partial charge is 0.118 e. The van der Waals surface area contributed by atoms with Gasteiger partial charge in [-0.15, -0.1) is 5.10 Å². The molecule has 0 spiro atoms. The molecule has 4 nitrogen and oxygen atoms in total. The molecule has 2 rings (SSSR count). The number of hydrogen-bond donors (Lipinski definition) is 1. The van der Waals surface area contributed by atoms with E-state index < -0.39 is 6.10 Å². The third kappa shape index (κ3) is 2.68. The van der Waals surface area contributed by atoms with Gasteiger partial charge in [-0.2, -0.15) is 0 Å². The Balaban J connectivity index is 2.26. The molecule has 2 heterocycles. The predicted molar refractivity (Wildman–Crippen MR) is 66.9 cm³/mol. The number of rotatable bonds is 4. The van der Waals surface area contributed by atoms with Crippen molar-refractivity contribution in [3.63, 3.8) is 0 Å². The van der Waals surface area contributed by atoms with Crippen molar-refractivity contribution in [3.05, 3.63) is 40.2 Å². The van der Waals surface area contributed by atoms with Gasteiger partial charge in [-0.25, -0.2) is 0 Å². The summed E-state index contributed by atoms with van der Waals surface area (Å²) < 4.78 is 3.92. The summed E-state index contributed by atoms with van der Waals surface area (Å²) in [7, 11) is 0. The highest BCUT2D eigenvalue weighted by molar-refractivity contribution is 7.05. The van der Waals surface area contributed by atoms with Gasteiger partial charge in [0.25, 0.3) is 0 Å². The molecule has 0 aliphatic carbocycles. The van der Waals surface area contributed by atoms with E-state index in [9.17, 15) is 5.11 Å². The molecule has 2 aromatic rings. The van der Waals surface area contributed by atoms with Gasteiger partial charge < -0.3 is 5.11 Å². The summed E-state index contributed by atoms with van der Waals surface area (Å²) in [6.07, 6.45) is 2.89. The predicted octanol–water partition coefficient (Wildman–Crippen LogP) is 2.28. The normalized spacial score (nSPS) is 12.6. The lowest BCUT2D eigenvalue weighted by Gasteiger charge is -2.09. The van der Waals surface area contributed by atoms with Crippen molar-refractivity contribution in [3.8, 4) is 0 Å². The third-order valence-corrected chi connectivity index (χ3v) is 3.39. The van der Waals surface area contributed by atoms with Crippen LogP contribution in [0.25, 0.3) is 0 Å². The molecule has 0 fully saturated rings. The first-order valence-corrected chi connectivity index (χ1v) is 6.41. The highest BCUT2D eigenvalue weighted by Gasteiger charge is 2.18. The topological polar surface area (TPSA) is 58.9 Å². The van der Waals surface area contributed by atoms with E-state index in [0.717, 1.165) is 34.7 Å². The molecule has 2 aromatic heterocycles. The van der Waals surface area contributed by atoms with Crippen LogP contribution in [0.15, 0.2) is 18.3 Å². The minimum Gasteiger partial charge on any atom is -0.383 e. The zero-order chi connectivity index (χ0) is 12.3. The van der Waals surface area contributed by atoms with E-state index in [2.05, 4.69) is 21.5 Å². The van der Waals surface area contributed by atoms with Gasteiger partial charge >= 0.3 is 0 Å². The van der Waals surface area contributed by atoms with Crippen molar-refractivity contribution in [2.45, 2.75) is 32.8 Å². The molecular formula is C12H15N3OS. The average molecular weight is 249 g/mol. The van der Waals surface area contributed by atoms with Crippen molar-refractivity contribution < 1.29 is 5.11 Å². The van der Waals surface area contributed by atoms with Crippen molar-refractivity contribution in [1.29, 1.82) is 0 Å². The van der Waals surface area contributed by atoms with Gasteiger partial charge in [0.05, 0.1) is 10.6 Å². The van der Waals surface area contributed by atoms with Gasteiger partial charge in [0.2, 0.25) is 0 Å². The maximum atomic E-state index is 10.3. The molecule has 0 radical (unpaired) electrons. The van der Waals surface area contributed by atoms with Gasteiger partial charge in [0.15, 0.2) is 0 Å². The van der Waals surface area contributed by atoms with E-state index >= 15 is 0 Å². The molecule has 0 bridgehead atoms. The first-order chi connectivity index (χ1) is 8.22. The first kappa shape index (κ1) is 12.1. The lowest BCUT2D eigenvalue weighted by molar-refractivity contribution is 0.222. The number of nitrogens with zero attached hydrogens (tertiary/aromatic N) is 3. The molecule has 0 aromatic carbocycles. The van der Waals surface area contributed by atoms with Crippen LogP contribution in [0.3, 0.4) is 0 Å². The standard InChI is InChI=1S/C12H15N3OS/c1-3-4-10-12(17-15-14-10)11(16)9-6-5-8(2)13-7-9/h5-7,11,16H,3-4H2,1-2H3. The van der Waals surface area contributed by atoms with E-state index in [0.29, 0.717) is 0 Å². The Morgan fingerprint density at radius 3 is 2.88 bits per heavy atom. The number of aryl methyl sites for hydroxylation is 2.